The van der Waals surface area contributed by atoms with E-state index in [0.717, 1.165) is 21.2 Å². The van der Waals surface area contributed by atoms with Crippen LogP contribution in [0, 0.1) is 0 Å². The molecule has 38 heavy (non-hydrogen) atoms. The van der Waals surface area contributed by atoms with Crippen LogP contribution in [0.3, 0.4) is 0 Å². The van der Waals surface area contributed by atoms with E-state index >= 15 is 0 Å². The van der Waals surface area contributed by atoms with Crippen molar-refractivity contribution in [1.29, 1.82) is 0 Å². The summed E-state index contributed by atoms with van der Waals surface area (Å²) in [5, 5.41) is 3.21. The molecule has 0 saturated carbocycles. The van der Waals surface area contributed by atoms with Gasteiger partial charge in [0.25, 0.3) is 0 Å². The molecule has 0 heterocycles. The van der Waals surface area contributed by atoms with Crippen LogP contribution in [0.15, 0.2) is 144 Å². The molecule has 0 unspecified atom stereocenters. The molecule has 0 saturated heterocycles. The molecule has 0 spiro atoms. The van der Waals surface area contributed by atoms with Crippen LogP contribution in [0.5, 0.6) is 0 Å². The van der Waals surface area contributed by atoms with Gasteiger partial charge in [-0.05, 0) is 0 Å². The van der Waals surface area contributed by atoms with Crippen molar-refractivity contribution >= 4 is 61.4 Å². The van der Waals surface area contributed by atoms with Gasteiger partial charge >= 0.3 is 228 Å². The second-order valence-electron chi connectivity index (χ2n) is 8.48. The molecule has 0 atom stereocenters. The van der Waals surface area contributed by atoms with Crippen molar-refractivity contribution in [1.82, 2.24) is 0 Å². The SMILES string of the molecule is O.O=S(=O)(OP(c1ccccc1)(c1ccccc1)(c1ccccc1)c1ccccc1)c1cc(Cl)ccc1Cl. The zero-order valence-corrected chi connectivity index (χ0v) is 23.3. The number of benzene rings is 5. The van der Waals surface area contributed by atoms with Gasteiger partial charge in [-0.2, -0.15) is 0 Å². The molecule has 0 aliphatic carbocycles. The minimum absolute atomic E-state index is 0. The molecule has 0 aromatic heterocycles. The molecule has 4 nitrogen and oxygen atoms in total. The van der Waals surface area contributed by atoms with Crippen molar-refractivity contribution in [3.63, 3.8) is 0 Å². The second-order valence-corrected chi connectivity index (χ2v) is 15.4. The standard InChI is InChI=1S/C30H23Cl2O3PS.H2O/c31-24-21-22-29(32)30(23-24)37(33,34)35-36(25-13-5-1-6-14-25,26-15-7-2-8-16-26,27-17-9-3-10-18-27)28-19-11-4-12-20-28;/h1-23H;1H2. The normalized spacial score (nSPS) is 12.6. The first-order valence-electron chi connectivity index (χ1n) is 11.5. The van der Waals surface area contributed by atoms with Crippen molar-refractivity contribution < 1.29 is 17.9 Å². The van der Waals surface area contributed by atoms with E-state index in [4.69, 9.17) is 27.2 Å². The third-order valence-electron chi connectivity index (χ3n) is 6.41. The van der Waals surface area contributed by atoms with E-state index in [1.165, 1.54) is 12.1 Å². The summed E-state index contributed by atoms with van der Waals surface area (Å²) in [5.74, 6) is 0. The summed E-state index contributed by atoms with van der Waals surface area (Å²) in [6.07, 6.45) is 0. The molecule has 5 rings (SSSR count). The predicted octanol–water partition coefficient (Wildman–Crippen LogP) is 5.64. The van der Waals surface area contributed by atoms with Gasteiger partial charge in [-0.25, -0.2) is 0 Å². The first kappa shape index (κ1) is 28.0. The summed E-state index contributed by atoms with van der Waals surface area (Å²) >= 11 is 12.7. The van der Waals surface area contributed by atoms with Gasteiger partial charge in [0.05, 0.1) is 0 Å². The van der Waals surface area contributed by atoms with E-state index in [1.54, 1.807) is 6.07 Å². The molecule has 0 aliphatic heterocycles. The van der Waals surface area contributed by atoms with Crippen LogP contribution in [-0.4, -0.2) is 13.9 Å². The molecule has 0 bridgehead atoms. The van der Waals surface area contributed by atoms with Gasteiger partial charge in [-0.1, -0.05) is 0 Å². The summed E-state index contributed by atoms with van der Waals surface area (Å²) in [7, 11) is -4.48. The number of halogens is 2. The Labute approximate surface area is 232 Å². The molecule has 0 fully saturated rings. The Hall–Kier alpha value is -3.02. The van der Waals surface area contributed by atoms with E-state index in [1.807, 2.05) is 121 Å². The van der Waals surface area contributed by atoms with Crippen LogP contribution in [0.1, 0.15) is 0 Å². The first-order chi connectivity index (χ1) is 17.9. The second kappa shape index (κ2) is 11.0. The third kappa shape index (κ3) is 4.46. The average Bonchev–Trinajstić information content (AvgIpc) is 2.95. The zero-order valence-electron chi connectivity index (χ0n) is 20.1. The topological polar surface area (TPSA) is 74.9 Å². The minimum atomic E-state index is -4.48. The predicted molar refractivity (Wildman–Crippen MR) is 160 cm³/mol. The van der Waals surface area contributed by atoms with Crippen LogP contribution in [0.2, 0.25) is 10.0 Å². The molecule has 0 amide bonds. The van der Waals surface area contributed by atoms with E-state index in [9.17, 15) is 8.42 Å². The molecule has 2 N–H and O–H groups in total. The van der Waals surface area contributed by atoms with Gasteiger partial charge in [0.15, 0.2) is 0 Å². The molecule has 0 aliphatic rings. The summed E-state index contributed by atoms with van der Waals surface area (Å²) in [6.45, 7) is -4.44. The quantitative estimate of drug-likeness (QED) is 0.233. The number of rotatable bonds is 7. The number of hydrogen-bond donors (Lipinski definition) is 0. The van der Waals surface area contributed by atoms with Gasteiger partial charge in [0.1, 0.15) is 0 Å². The van der Waals surface area contributed by atoms with Crippen molar-refractivity contribution in [3.05, 3.63) is 150 Å². The molecular formula is C30H25Cl2O4PS. The maximum atomic E-state index is 14.4. The Balaban J connectivity index is 0.00000336. The van der Waals surface area contributed by atoms with E-state index in [-0.39, 0.29) is 20.4 Å². The third-order valence-corrected chi connectivity index (χ3v) is 15.1. The zero-order chi connectivity index (χ0) is 26.0. The molecular weight excluding hydrogens is 558 g/mol. The van der Waals surface area contributed by atoms with Crippen LogP contribution in [-0.2, 0) is 14.1 Å². The van der Waals surface area contributed by atoms with Crippen LogP contribution >= 0.6 is 30.0 Å². The fraction of sp³-hybridized carbons (Fsp3) is 0. The summed E-state index contributed by atoms with van der Waals surface area (Å²) < 4.78 is 35.6. The molecule has 5 aromatic carbocycles. The Morgan fingerprint density at radius 1 is 0.526 bits per heavy atom. The van der Waals surface area contributed by atoms with Crippen molar-refractivity contribution in [2.24, 2.45) is 0 Å². The molecule has 8 heteroatoms. The van der Waals surface area contributed by atoms with Crippen LogP contribution in [0.4, 0.5) is 0 Å². The summed E-state index contributed by atoms with van der Waals surface area (Å²) in [6, 6.07) is 42.6. The van der Waals surface area contributed by atoms with Crippen molar-refractivity contribution in [2.75, 3.05) is 0 Å². The maximum absolute atomic E-state index is 14.4. The Bertz CT molecular complexity index is 1460. The van der Waals surface area contributed by atoms with Crippen molar-refractivity contribution in [3.8, 4) is 0 Å². The molecule has 194 valence electrons. The summed E-state index contributed by atoms with van der Waals surface area (Å²) in [5.41, 5.74) is 0. The van der Waals surface area contributed by atoms with Gasteiger partial charge in [-0.15, -0.1) is 0 Å². The fourth-order valence-corrected chi connectivity index (χ4v) is 14.1. The van der Waals surface area contributed by atoms with Gasteiger partial charge in [0.2, 0.25) is 0 Å². The van der Waals surface area contributed by atoms with Crippen molar-refractivity contribution in [2.45, 2.75) is 4.90 Å². The van der Waals surface area contributed by atoms with Gasteiger partial charge in [0, 0.05) is 0 Å². The first-order valence-corrected chi connectivity index (χ1v) is 15.9. The fourth-order valence-electron chi connectivity index (χ4n) is 4.82. The molecule has 5 aromatic rings. The Morgan fingerprint density at radius 2 is 0.868 bits per heavy atom. The van der Waals surface area contributed by atoms with E-state index in [2.05, 4.69) is 0 Å². The molecule has 0 radical (unpaired) electrons. The monoisotopic (exact) mass is 582 g/mol. The van der Waals surface area contributed by atoms with Gasteiger partial charge < -0.3 is 5.48 Å². The Kier molecular flexibility index (Phi) is 8.10. The Morgan fingerprint density at radius 3 is 1.21 bits per heavy atom. The van der Waals surface area contributed by atoms with E-state index < -0.39 is 16.9 Å². The van der Waals surface area contributed by atoms with Crippen LogP contribution < -0.4 is 21.2 Å². The van der Waals surface area contributed by atoms with Crippen LogP contribution in [0.25, 0.3) is 0 Å². The average molecular weight is 583 g/mol. The summed E-state index contributed by atoms with van der Waals surface area (Å²) in [4.78, 5) is -0.186. The number of hydrogen-bond acceptors (Lipinski definition) is 3. The van der Waals surface area contributed by atoms with E-state index in [0.29, 0.717) is 0 Å². The van der Waals surface area contributed by atoms with Gasteiger partial charge in [-0.3, -0.25) is 0 Å².